The molecule has 6 nitrogen and oxygen atoms in total. The van der Waals surface area contributed by atoms with Gasteiger partial charge in [-0.15, -0.1) is 0 Å². The lowest BCUT2D eigenvalue weighted by molar-refractivity contribution is 0.0730. The maximum absolute atomic E-state index is 12.2. The van der Waals surface area contributed by atoms with E-state index in [1.807, 2.05) is 11.0 Å². The maximum atomic E-state index is 12.2. The van der Waals surface area contributed by atoms with Crippen molar-refractivity contribution in [1.29, 1.82) is 0 Å². The van der Waals surface area contributed by atoms with Crippen molar-refractivity contribution >= 4 is 17.1 Å². The van der Waals surface area contributed by atoms with Gasteiger partial charge in [-0.3, -0.25) is 4.79 Å². The van der Waals surface area contributed by atoms with Gasteiger partial charge in [-0.25, -0.2) is 9.97 Å². The molecule has 0 aromatic carbocycles. The Morgan fingerprint density at radius 3 is 2.94 bits per heavy atom. The van der Waals surface area contributed by atoms with Crippen LogP contribution in [0.1, 0.15) is 10.5 Å². The number of hydrogen-bond donors (Lipinski definition) is 2. The summed E-state index contributed by atoms with van der Waals surface area (Å²) >= 11 is 0. The van der Waals surface area contributed by atoms with Crippen molar-refractivity contribution < 1.29 is 4.79 Å². The quantitative estimate of drug-likeness (QED) is 0.724. The monoisotopic (exact) mass is 231 g/mol. The van der Waals surface area contributed by atoms with E-state index in [1.165, 1.54) is 0 Å². The van der Waals surface area contributed by atoms with E-state index >= 15 is 0 Å². The molecule has 1 amide bonds. The van der Waals surface area contributed by atoms with Gasteiger partial charge in [-0.1, -0.05) is 0 Å². The zero-order valence-electron chi connectivity index (χ0n) is 9.31. The van der Waals surface area contributed by atoms with Crippen LogP contribution in [0.5, 0.6) is 0 Å². The smallest absolute Gasteiger partial charge is 0.272 e. The molecule has 3 heterocycles. The lowest BCUT2D eigenvalue weighted by atomic mass is 10.2. The first kappa shape index (κ1) is 10.2. The number of rotatable bonds is 1. The van der Waals surface area contributed by atoms with E-state index in [-0.39, 0.29) is 5.91 Å². The third-order valence-corrected chi connectivity index (χ3v) is 2.91. The Morgan fingerprint density at radius 2 is 2.12 bits per heavy atom. The molecule has 17 heavy (non-hydrogen) atoms. The molecule has 1 fully saturated rings. The summed E-state index contributed by atoms with van der Waals surface area (Å²) in [6, 6.07) is 3.58. The van der Waals surface area contributed by atoms with Crippen LogP contribution >= 0.6 is 0 Å². The van der Waals surface area contributed by atoms with Gasteiger partial charge in [0.05, 0.1) is 11.8 Å². The molecule has 0 spiro atoms. The summed E-state index contributed by atoms with van der Waals surface area (Å²) in [6.07, 6.45) is 1.58. The van der Waals surface area contributed by atoms with Gasteiger partial charge < -0.3 is 15.2 Å². The zero-order chi connectivity index (χ0) is 11.7. The van der Waals surface area contributed by atoms with Gasteiger partial charge in [0.1, 0.15) is 5.69 Å². The molecule has 0 radical (unpaired) electrons. The minimum atomic E-state index is -0.0172. The molecule has 1 aliphatic rings. The Morgan fingerprint density at radius 1 is 1.29 bits per heavy atom. The summed E-state index contributed by atoms with van der Waals surface area (Å²) in [5.74, 6) is -0.0172. The zero-order valence-corrected chi connectivity index (χ0v) is 9.31. The normalized spacial score (nSPS) is 16.4. The molecule has 1 saturated heterocycles. The topological polar surface area (TPSA) is 73.9 Å². The second-order valence-electron chi connectivity index (χ2n) is 4.01. The minimum Gasteiger partial charge on any atom is -0.343 e. The Bertz CT molecular complexity index is 544. The number of piperazine rings is 1. The Balaban J connectivity index is 1.88. The SMILES string of the molecule is O=C(c1ccc2[nH]cnc2n1)N1CCNCC1. The predicted molar refractivity (Wildman–Crippen MR) is 62.7 cm³/mol. The molecule has 0 unspecified atom stereocenters. The second-order valence-corrected chi connectivity index (χ2v) is 4.01. The standard InChI is InChI=1S/C11H13N5O/c17-11(16-5-3-12-4-6-16)9-2-1-8-10(15-9)14-7-13-8/h1-2,7,12H,3-6H2,(H,13,14,15). The van der Waals surface area contributed by atoms with E-state index in [4.69, 9.17) is 0 Å². The fourth-order valence-corrected chi connectivity index (χ4v) is 1.97. The van der Waals surface area contributed by atoms with Crippen LogP contribution in [0.15, 0.2) is 18.5 Å². The molecular formula is C11H13N5O. The van der Waals surface area contributed by atoms with Gasteiger partial charge in [0.2, 0.25) is 0 Å². The predicted octanol–water partition coefficient (Wildman–Crippen LogP) is 0.00330. The molecule has 2 aromatic rings. The number of imidazole rings is 1. The molecule has 1 aliphatic heterocycles. The van der Waals surface area contributed by atoms with Crippen LogP contribution in [0.4, 0.5) is 0 Å². The number of nitrogens with zero attached hydrogens (tertiary/aromatic N) is 3. The fraction of sp³-hybridized carbons (Fsp3) is 0.364. The van der Waals surface area contributed by atoms with Gasteiger partial charge >= 0.3 is 0 Å². The first-order valence-electron chi connectivity index (χ1n) is 5.65. The largest absolute Gasteiger partial charge is 0.343 e. The highest BCUT2D eigenvalue weighted by atomic mass is 16.2. The minimum absolute atomic E-state index is 0.0172. The van der Waals surface area contributed by atoms with Crippen molar-refractivity contribution in [2.24, 2.45) is 0 Å². The maximum Gasteiger partial charge on any atom is 0.272 e. The van der Waals surface area contributed by atoms with Crippen molar-refractivity contribution in [3.63, 3.8) is 0 Å². The number of fused-ring (bicyclic) bond motifs is 1. The van der Waals surface area contributed by atoms with Crippen molar-refractivity contribution in [3.05, 3.63) is 24.2 Å². The van der Waals surface area contributed by atoms with Crippen LogP contribution in [-0.4, -0.2) is 51.9 Å². The first-order valence-corrected chi connectivity index (χ1v) is 5.65. The number of pyridine rings is 1. The van der Waals surface area contributed by atoms with Crippen LogP contribution in [0, 0.1) is 0 Å². The van der Waals surface area contributed by atoms with Crippen molar-refractivity contribution in [3.8, 4) is 0 Å². The molecule has 0 atom stereocenters. The van der Waals surface area contributed by atoms with Crippen LogP contribution in [0.3, 0.4) is 0 Å². The fourth-order valence-electron chi connectivity index (χ4n) is 1.97. The van der Waals surface area contributed by atoms with Crippen molar-refractivity contribution in [2.45, 2.75) is 0 Å². The molecule has 2 N–H and O–H groups in total. The van der Waals surface area contributed by atoms with Crippen LogP contribution in [-0.2, 0) is 0 Å². The average molecular weight is 231 g/mol. The summed E-state index contributed by atoms with van der Waals surface area (Å²) < 4.78 is 0. The Kier molecular flexibility index (Phi) is 2.49. The number of nitrogens with one attached hydrogen (secondary N) is 2. The van der Waals surface area contributed by atoms with E-state index < -0.39 is 0 Å². The molecule has 0 aliphatic carbocycles. The molecular weight excluding hydrogens is 218 g/mol. The van der Waals surface area contributed by atoms with E-state index in [0.717, 1.165) is 31.7 Å². The van der Waals surface area contributed by atoms with Crippen molar-refractivity contribution in [2.75, 3.05) is 26.2 Å². The van der Waals surface area contributed by atoms with Gasteiger partial charge in [0.25, 0.3) is 5.91 Å². The number of carbonyl (C=O) groups excluding carboxylic acids is 1. The third-order valence-electron chi connectivity index (χ3n) is 2.91. The number of aromatic amines is 1. The summed E-state index contributed by atoms with van der Waals surface area (Å²) in [7, 11) is 0. The van der Waals surface area contributed by atoms with E-state index in [9.17, 15) is 4.79 Å². The average Bonchev–Trinajstić information content (AvgIpc) is 2.86. The highest BCUT2D eigenvalue weighted by Crippen LogP contribution is 2.09. The molecule has 6 heteroatoms. The summed E-state index contributed by atoms with van der Waals surface area (Å²) in [4.78, 5) is 25.2. The number of H-pyrrole nitrogens is 1. The second kappa shape index (κ2) is 4.14. The number of carbonyl (C=O) groups is 1. The van der Waals surface area contributed by atoms with Gasteiger partial charge in [0.15, 0.2) is 5.65 Å². The number of hydrogen-bond acceptors (Lipinski definition) is 4. The highest BCUT2D eigenvalue weighted by molar-refractivity contribution is 5.94. The molecule has 0 saturated carbocycles. The Hall–Kier alpha value is -1.95. The van der Waals surface area contributed by atoms with E-state index in [2.05, 4.69) is 20.3 Å². The Labute approximate surface area is 98.1 Å². The lowest BCUT2D eigenvalue weighted by Gasteiger charge is -2.26. The van der Waals surface area contributed by atoms with E-state index in [0.29, 0.717) is 11.3 Å². The van der Waals surface area contributed by atoms with Crippen LogP contribution in [0.2, 0.25) is 0 Å². The first-order chi connectivity index (χ1) is 8.34. The number of aromatic nitrogens is 3. The summed E-state index contributed by atoms with van der Waals surface area (Å²) in [6.45, 7) is 3.16. The summed E-state index contributed by atoms with van der Waals surface area (Å²) in [5, 5.41) is 3.21. The van der Waals surface area contributed by atoms with Gasteiger partial charge in [-0.2, -0.15) is 0 Å². The van der Waals surface area contributed by atoms with Crippen molar-refractivity contribution in [1.82, 2.24) is 25.2 Å². The molecule has 0 bridgehead atoms. The molecule has 3 rings (SSSR count). The van der Waals surface area contributed by atoms with E-state index in [1.54, 1.807) is 12.4 Å². The van der Waals surface area contributed by atoms with Gasteiger partial charge in [-0.05, 0) is 12.1 Å². The summed E-state index contributed by atoms with van der Waals surface area (Å²) in [5.41, 5.74) is 1.90. The van der Waals surface area contributed by atoms with Gasteiger partial charge in [0, 0.05) is 26.2 Å². The van der Waals surface area contributed by atoms with Crippen LogP contribution in [0.25, 0.3) is 11.2 Å². The molecule has 2 aromatic heterocycles. The van der Waals surface area contributed by atoms with Crippen LogP contribution < -0.4 is 5.32 Å². The molecule has 88 valence electrons. The highest BCUT2D eigenvalue weighted by Gasteiger charge is 2.19. The lowest BCUT2D eigenvalue weighted by Crippen LogP contribution is -2.46. The number of amides is 1. The third kappa shape index (κ3) is 1.87.